The van der Waals surface area contributed by atoms with Crippen LogP contribution in [0.25, 0.3) is 27.6 Å². The maximum atomic E-state index is 15.3. The summed E-state index contributed by atoms with van der Waals surface area (Å²) in [6, 6.07) is 8.60. The van der Waals surface area contributed by atoms with E-state index in [1.54, 1.807) is 29.2 Å². The molecule has 1 aliphatic heterocycles. The zero-order valence-corrected chi connectivity index (χ0v) is 24.3. The largest absolute Gasteiger partial charge is 0.480 e. The Kier molecular flexibility index (Phi) is 8.50. The van der Waals surface area contributed by atoms with Crippen LogP contribution in [0, 0.1) is 17.5 Å². The van der Waals surface area contributed by atoms with Gasteiger partial charge in [-0.2, -0.15) is 0 Å². The second-order valence-electron chi connectivity index (χ2n) is 9.88. The molecular weight excluding hydrogens is 597 g/mol. The summed E-state index contributed by atoms with van der Waals surface area (Å²) in [7, 11) is -3.22. The quantitative estimate of drug-likeness (QED) is 0.266. The van der Waals surface area contributed by atoms with Crippen molar-refractivity contribution in [1.82, 2.24) is 14.9 Å². The average molecular weight is 623 g/mol. The number of hydrogen-bond donors (Lipinski definition) is 1. The number of rotatable bonds is 8. The average Bonchev–Trinajstić information content (AvgIpc) is 2.99. The van der Waals surface area contributed by atoms with Crippen molar-refractivity contribution in [1.29, 1.82) is 0 Å². The number of hydrogen-bond acceptors (Lipinski definition) is 7. The van der Waals surface area contributed by atoms with Crippen molar-refractivity contribution in [3.05, 3.63) is 96.1 Å². The van der Waals surface area contributed by atoms with Crippen LogP contribution < -0.4 is 9.46 Å². The number of ketones is 1. The Hall–Kier alpha value is -5.04. The molecule has 4 aromatic rings. The van der Waals surface area contributed by atoms with Gasteiger partial charge in [0.2, 0.25) is 11.8 Å². The van der Waals surface area contributed by atoms with E-state index in [1.165, 1.54) is 38.4 Å². The SMILES string of the molecule is COc1ncc(-c2ccc3ncc(F)c(C4=CCN(C(=O)/C=C/C(C)=O)CC4)c3c2)cc1NS(=O)(=O)c1ccc(F)cc1F. The number of amides is 1. The summed E-state index contributed by atoms with van der Waals surface area (Å²) in [5, 5.41) is 0.483. The van der Waals surface area contributed by atoms with Gasteiger partial charge in [-0.15, -0.1) is 0 Å². The number of carbonyl (C=O) groups is 2. The normalized spacial score (nSPS) is 13.7. The Balaban J connectivity index is 1.50. The highest BCUT2D eigenvalue weighted by Gasteiger charge is 2.23. The smallest absolute Gasteiger partial charge is 0.264 e. The fourth-order valence-electron chi connectivity index (χ4n) is 4.80. The van der Waals surface area contributed by atoms with Gasteiger partial charge < -0.3 is 9.64 Å². The van der Waals surface area contributed by atoms with Gasteiger partial charge in [0.15, 0.2) is 5.78 Å². The Morgan fingerprint density at radius 1 is 0.977 bits per heavy atom. The standard InChI is InChI=1S/C31H25F3N4O5S/c1-18(39)3-8-29(40)38-11-9-19(10-12-38)30-23-13-20(4-6-26(23)35-17-25(30)34)21-14-27(31(43-2)36-16-21)37-44(41,42)28-7-5-22(32)15-24(28)33/h3-9,13-17,37H,10-12H2,1-2H3/b8-3+. The fraction of sp³-hybridized carbons (Fsp3) is 0.161. The highest BCUT2D eigenvalue weighted by Crippen LogP contribution is 2.35. The molecule has 0 fully saturated rings. The molecule has 0 radical (unpaired) electrons. The van der Waals surface area contributed by atoms with Gasteiger partial charge in [-0.05, 0) is 60.9 Å². The molecule has 0 unspecified atom stereocenters. The molecule has 1 amide bonds. The van der Waals surface area contributed by atoms with E-state index in [4.69, 9.17) is 4.74 Å². The number of sulfonamides is 1. The summed E-state index contributed by atoms with van der Waals surface area (Å²) in [6.07, 6.45) is 7.08. The Morgan fingerprint density at radius 2 is 1.77 bits per heavy atom. The predicted molar refractivity (Wildman–Crippen MR) is 158 cm³/mol. The van der Waals surface area contributed by atoms with Crippen LogP contribution in [0.4, 0.5) is 18.9 Å². The number of anilines is 1. The summed E-state index contributed by atoms with van der Waals surface area (Å²) in [5.74, 6) is -3.42. The minimum atomic E-state index is -4.50. The molecule has 2 aromatic heterocycles. The molecule has 5 rings (SSSR count). The van der Waals surface area contributed by atoms with Gasteiger partial charge in [0, 0.05) is 47.9 Å². The molecule has 2 aromatic carbocycles. The summed E-state index contributed by atoms with van der Waals surface area (Å²) in [5.41, 5.74) is 2.35. The van der Waals surface area contributed by atoms with Crippen LogP contribution in [0.15, 0.2) is 78.0 Å². The third-order valence-corrected chi connectivity index (χ3v) is 8.33. The molecule has 1 N–H and O–H groups in total. The molecule has 0 aliphatic carbocycles. The highest BCUT2D eigenvalue weighted by atomic mass is 32.2. The number of nitrogens with one attached hydrogen (secondary N) is 1. The van der Waals surface area contributed by atoms with Gasteiger partial charge in [-0.3, -0.25) is 19.3 Å². The summed E-state index contributed by atoms with van der Waals surface area (Å²) >= 11 is 0. The maximum absolute atomic E-state index is 15.3. The highest BCUT2D eigenvalue weighted by molar-refractivity contribution is 7.92. The molecule has 0 spiro atoms. The first-order chi connectivity index (χ1) is 21.0. The van der Waals surface area contributed by atoms with E-state index in [0.717, 1.165) is 18.3 Å². The van der Waals surface area contributed by atoms with Crippen molar-refractivity contribution in [3.63, 3.8) is 0 Å². The summed E-state index contributed by atoms with van der Waals surface area (Å²) < 4.78 is 76.3. The van der Waals surface area contributed by atoms with Gasteiger partial charge >= 0.3 is 0 Å². The van der Waals surface area contributed by atoms with E-state index in [0.29, 0.717) is 52.2 Å². The van der Waals surface area contributed by atoms with Crippen molar-refractivity contribution in [2.75, 3.05) is 24.9 Å². The second kappa shape index (κ2) is 12.3. The van der Waals surface area contributed by atoms with Gasteiger partial charge in [0.1, 0.15) is 28.0 Å². The van der Waals surface area contributed by atoms with Crippen LogP contribution in [-0.2, 0) is 19.6 Å². The number of carbonyl (C=O) groups excluding carboxylic acids is 2. The van der Waals surface area contributed by atoms with Crippen LogP contribution >= 0.6 is 0 Å². The minimum Gasteiger partial charge on any atom is -0.480 e. The van der Waals surface area contributed by atoms with Crippen LogP contribution in [-0.4, -0.2) is 55.2 Å². The molecular formula is C31H25F3N4O5S. The van der Waals surface area contributed by atoms with Crippen molar-refractivity contribution < 1.29 is 35.9 Å². The topological polar surface area (TPSA) is 119 Å². The Morgan fingerprint density at radius 3 is 2.45 bits per heavy atom. The fourth-order valence-corrected chi connectivity index (χ4v) is 5.91. The third-order valence-electron chi connectivity index (χ3n) is 6.93. The Bertz CT molecular complexity index is 1980. The predicted octanol–water partition coefficient (Wildman–Crippen LogP) is 5.28. The number of aromatic nitrogens is 2. The molecule has 1 aliphatic rings. The van der Waals surface area contributed by atoms with Crippen LogP contribution in [0.3, 0.4) is 0 Å². The second-order valence-corrected chi connectivity index (χ2v) is 11.5. The number of fused-ring (bicyclic) bond motifs is 1. The first kappa shape index (κ1) is 30.4. The number of benzene rings is 2. The first-order valence-electron chi connectivity index (χ1n) is 13.2. The lowest BCUT2D eigenvalue weighted by Crippen LogP contribution is -2.33. The lowest BCUT2D eigenvalue weighted by Gasteiger charge is -2.26. The maximum Gasteiger partial charge on any atom is 0.264 e. The zero-order chi connectivity index (χ0) is 31.6. The van der Waals surface area contributed by atoms with Crippen molar-refractivity contribution >= 4 is 43.9 Å². The zero-order valence-electron chi connectivity index (χ0n) is 23.5. The van der Waals surface area contributed by atoms with Crippen LogP contribution in [0.5, 0.6) is 5.88 Å². The number of methoxy groups -OCH3 is 1. The van der Waals surface area contributed by atoms with Crippen molar-refractivity contribution in [2.24, 2.45) is 0 Å². The van der Waals surface area contributed by atoms with E-state index < -0.39 is 32.4 Å². The van der Waals surface area contributed by atoms with Crippen LogP contribution in [0.1, 0.15) is 18.9 Å². The van der Waals surface area contributed by atoms with Gasteiger partial charge in [0.05, 0.1) is 18.8 Å². The monoisotopic (exact) mass is 622 g/mol. The summed E-state index contributed by atoms with van der Waals surface area (Å²) in [6.45, 7) is 1.89. The molecule has 0 atom stereocenters. The van der Waals surface area contributed by atoms with Crippen molar-refractivity contribution in [2.45, 2.75) is 18.2 Å². The van der Waals surface area contributed by atoms with E-state index >= 15 is 4.39 Å². The molecule has 226 valence electrons. The van der Waals surface area contributed by atoms with E-state index in [9.17, 15) is 26.8 Å². The van der Waals surface area contributed by atoms with E-state index in [2.05, 4.69) is 14.7 Å². The van der Waals surface area contributed by atoms with E-state index in [1.807, 2.05) is 0 Å². The molecule has 0 saturated carbocycles. The van der Waals surface area contributed by atoms with Crippen LogP contribution in [0.2, 0.25) is 0 Å². The number of pyridine rings is 2. The van der Waals surface area contributed by atoms with Gasteiger partial charge in [0.25, 0.3) is 10.0 Å². The van der Waals surface area contributed by atoms with Gasteiger partial charge in [-0.25, -0.2) is 26.6 Å². The van der Waals surface area contributed by atoms with E-state index in [-0.39, 0.29) is 29.8 Å². The molecule has 0 bridgehead atoms. The lowest BCUT2D eigenvalue weighted by molar-refractivity contribution is -0.126. The van der Waals surface area contributed by atoms with Crippen molar-refractivity contribution in [3.8, 4) is 17.0 Å². The summed E-state index contributed by atoms with van der Waals surface area (Å²) in [4.78, 5) is 32.7. The number of nitrogens with zero attached hydrogens (tertiary/aromatic N) is 3. The molecule has 9 nitrogen and oxygen atoms in total. The van der Waals surface area contributed by atoms with Gasteiger partial charge in [-0.1, -0.05) is 12.1 Å². The molecule has 13 heteroatoms. The number of ether oxygens (including phenoxy) is 1. The molecule has 44 heavy (non-hydrogen) atoms. The lowest BCUT2D eigenvalue weighted by atomic mass is 9.94. The molecule has 3 heterocycles. The number of allylic oxidation sites excluding steroid dienone is 1. The third kappa shape index (κ3) is 6.32. The number of halogens is 3. The Labute approximate surface area is 250 Å². The minimum absolute atomic E-state index is 0.0985. The molecule has 0 saturated heterocycles. The first-order valence-corrected chi connectivity index (χ1v) is 14.7.